The second kappa shape index (κ2) is 5.84. The Morgan fingerprint density at radius 3 is 3.05 bits per heavy atom. The third-order valence-electron chi connectivity index (χ3n) is 4.33. The fraction of sp³-hybridized carbons (Fsp3) is 0.667. The number of carbonyl (C=O) groups excluding carboxylic acids is 1. The van der Waals surface area contributed by atoms with Gasteiger partial charge in [0.2, 0.25) is 5.91 Å². The Bertz CT molecular complexity index is 462. The van der Waals surface area contributed by atoms with Crippen LogP contribution in [0.25, 0.3) is 0 Å². The topological polar surface area (TPSA) is 32.8 Å². The monoisotopic (exact) mass is 294 g/mol. The van der Waals surface area contributed by atoms with E-state index >= 15 is 0 Å². The first kappa shape index (κ1) is 14.0. The summed E-state index contributed by atoms with van der Waals surface area (Å²) in [5.41, 5.74) is 0.149. The van der Waals surface area contributed by atoms with E-state index in [0.29, 0.717) is 13.0 Å². The van der Waals surface area contributed by atoms with Gasteiger partial charge in [-0.1, -0.05) is 6.07 Å². The van der Waals surface area contributed by atoms with Crippen LogP contribution in [0.3, 0.4) is 0 Å². The van der Waals surface area contributed by atoms with Crippen molar-refractivity contribution in [2.24, 2.45) is 5.41 Å². The molecule has 1 aromatic heterocycles. The van der Waals surface area contributed by atoms with Gasteiger partial charge in [-0.05, 0) is 31.5 Å². The number of ether oxygens (including phenoxy) is 1. The maximum absolute atomic E-state index is 12.5. The molecule has 2 aliphatic rings. The fourth-order valence-corrected chi connectivity index (χ4v) is 3.98. The fourth-order valence-electron chi connectivity index (χ4n) is 3.29. The smallest absolute Gasteiger partial charge is 0.227 e. The number of likely N-dealkylation sites (tertiary alicyclic amines) is 1. The summed E-state index contributed by atoms with van der Waals surface area (Å²) >= 11 is 1.66. The Balaban J connectivity index is 1.67. The van der Waals surface area contributed by atoms with Crippen molar-refractivity contribution in [1.82, 2.24) is 9.80 Å². The van der Waals surface area contributed by atoms with Crippen molar-refractivity contribution >= 4 is 17.2 Å². The number of hydrogen-bond donors (Lipinski definition) is 0. The first-order chi connectivity index (χ1) is 9.67. The Morgan fingerprint density at radius 2 is 2.35 bits per heavy atom. The molecule has 0 aromatic carbocycles. The molecule has 1 aromatic rings. The minimum Gasteiger partial charge on any atom is -0.379 e. The van der Waals surface area contributed by atoms with Crippen LogP contribution in [0.5, 0.6) is 0 Å². The molecule has 2 saturated heterocycles. The summed E-state index contributed by atoms with van der Waals surface area (Å²) in [4.78, 5) is 18.0. The first-order valence-corrected chi connectivity index (χ1v) is 8.11. The zero-order chi connectivity index (χ0) is 14.0. The molecule has 1 amide bonds. The molecule has 0 unspecified atom stereocenters. The van der Waals surface area contributed by atoms with Gasteiger partial charge in [-0.25, -0.2) is 0 Å². The number of nitrogens with zero attached hydrogens (tertiary/aromatic N) is 2. The SMILES string of the molecule is CN1CC[C@@]2(COCCN(C(=O)Cc3cccs3)C2)C1. The maximum atomic E-state index is 12.5. The average Bonchev–Trinajstić information content (AvgIpc) is 2.98. The molecule has 4 nitrogen and oxygen atoms in total. The molecule has 2 aliphatic heterocycles. The molecule has 0 aliphatic carbocycles. The van der Waals surface area contributed by atoms with Crippen LogP contribution in [0.1, 0.15) is 11.3 Å². The van der Waals surface area contributed by atoms with E-state index in [-0.39, 0.29) is 11.3 Å². The van der Waals surface area contributed by atoms with E-state index in [1.165, 1.54) is 0 Å². The predicted octanol–water partition coefficient (Wildman–Crippen LogP) is 1.47. The summed E-state index contributed by atoms with van der Waals surface area (Å²) in [5.74, 6) is 0.242. The zero-order valence-corrected chi connectivity index (χ0v) is 12.8. The van der Waals surface area contributed by atoms with Crippen LogP contribution in [0.4, 0.5) is 0 Å². The number of rotatable bonds is 2. The Kier molecular flexibility index (Phi) is 4.10. The Labute approximate surface area is 124 Å². The van der Waals surface area contributed by atoms with Crippen LogP contribution in [0.2, 0.25) is 0 Å². The van der Waals surface area contributed by atoms with Gasteiger partial charge in [-0.15, -0.1) is 11.3 Å². The zero-order valence-electron chi connectivity index (χ0n) is 12.0. The molecule has 20 heavy (non-hydrogen) atoms. The molecule has 3 heterocycles. The number of thiophene rings is 1. The van der Waals surface area contributed by atoms with Crippen molar-refractivity contribution < 1.29 is 9.53 Å². The molecular weight excluding hydrogens is 272 g/mol. The largest absolute Gasteiger partial charge is 0.379 e. The molecule has 0 bridgehead atoms. The van der Waals surface area contributed by atoms with Crippen LogP contribution < -0.4 is 0 Å². The van der Waals surface area contributed by atoms with Gasteiger partial charge in [-0.2, -0.15) is 0 Å². The first-order valence-electron chi connectivity index (χ1n) is 7.23. The van der Waals surface area contributed by atoms with Crippen LogP contribution in [0.15, 0.2) is 17.5 Å². The summed E-state index contributed by atoms with van der Waals surface area (Å²) in [6.07, 6.45) is 1.66. The van der Waals surface area contributed by atoms with Crippen LogP contribution >= 0.6 is 11.3 Å². The van der Waals surface area contributed by atoms with Crippen molar-refractivity contribution in [2.45, 2.75) is 12.8 Å². The summed E-state index contributed by atoms with van der Waals surface area (Å²) in [5, 5.41) is 2.03. The molecule has 0 saturated carbocycles. The number of hydrogen-bond acceptors (Lipinski definition) is 4. The second-order valence-corrected chi connectivity index (χ2v) is 7.14. The highest BCUT2D eigenvalue weighted by molar-refractivity contribution is 7.10. The van der Waals surface area contributed by atoms with E-state index < -0.39 is 0 Å². The van der Waals surface area contributed by atoms with Gasteiger partial charge in [0.25, 0.3) is 0 Å². The van der Waals surface area contributed by atoms with Crippen molar-refractivity contribution in [3.05, 3.63) is 22.4 Å². The quantitative estimate of drug-likeness (QED) is 0.828. The molecule has 2 fully saturated rings. The molecule has 1 atom stereocenters. The number of carbonyl (C=O) groups is 1. The van der Waals surface area contributed by atoms with Gasteiger partial charge in [-0.3, -0.25) is 4.79 Å². The summed E-state index contributed by atoms with van der Waals surface area (Å²) < 4.78 is 5.78. The van der Waals surface area contributed by atoms with Gasteiger partial charge in [0.15, 0.2) is 0 Å². The van der Waals surface area contributed by atoms with Gasteiger partial charge < -0.3 is 14.5 Å². The molecular formula is C15H22N2O2S. The highest BCUT2D eigenvalue weighted by Crippen LogP contribution is 2.32. The normalized spacial score (nSPS) is 27.9. The third kappa shape index (κ3) is 3.05. The van der Waals surface area contributed by atoms with Crippen molar-refractivity contribution in [3.8, 4) is 0 Å². The lowest BCUT2D eigenvalue weighted by Crippen LogP contribution is -2.43. The highest BCUT2D eigenvalue weighted by Gasteiger charge is 2.40. The van der Waals surface area contributed by atoms with Crippen LogP contribution in [-0.4, -0.2) is 62.1 Å². The molecule has 0 radical (unpaired) electrons. The third-order valence-corrected chi connectivity index (χ3v) is 5.20. The lowest BCUT2D eigenvalue weighted by atomic mass is 9.87. The maximum Gasteiger partial charge on any atom is 0.227 e. The van der Waals surface area contributed by atoms with Gasteiger partial charge in [0, 0.05) is 29.9 Å². The molecule has 1 spiro atoms. The molecule has 5 heteroatoms. The highest BCUT2D eigenvalue weighted by atomic mass is 32.1. The summed E-state index contributed by atoms with van der Waals surface area (Å²) in [6, 6.07) is 4.04. The van der Waals surface area contributed by atoms with E-state index in [0.717, 1.165) is 44.1 Å². The lowest BCUT2D eigenvalue weighted by Gasteiger charge is -2.31. The van der Waals surface area contributed by atoms with E-state index in [2.05, 4.69) is 11.9 Å². The van der Waals surface area contributed by atoms with Gasteiger partial charge >= 0.3 is 0 Å². The van der Waals surface area contributed by atoms with E-state index in [1.54, 1.807) is 11.3 Å². The van der Waals surface area contributed by atoms with Gasteiger partial charge in [0.05, 0.1) is 19.6 Å². The van der Waals surface area contributed by atoms with Crippen LogP contribution in [-0.2, 0) is 16.0 Å². The van der Waals surface area contributed by atoms with E-state index in [4.69, 9.17) is 4.74 Å². The van der Waals surface area contributed by atoms with Crippen LogP contribution in [0, 0.1) is 5.41 Å². The van der Waals surface area contributed by atoms with E-state index in [1.807, 2.05) is 22.4 Å². The van der Waals surface area contributed by atoms with Crippen molar-refractivity contribution in [3.63, 3.8) is 0 Å². The lowest BCUT2D eigenvalue weighted by molar-refractivity contribution is -0.131. The Morgan fingerprint density at radius 1 is 1.45 bits per heavy atom. The predicted molar refractivity (Wildman–Crippen MR) is 80.0 cm³/mol. The van der Waals surface area contributed by atoms with Gasteiger partial charge in [0.1, 0.15) is 0 Å². The number of amides is 1. The second-order valence-electron chi connectivity index (χ2n) is 6.11. The average molecular weight is 294 g/mol. The minimum atomic E-state index is 0.149. The minimum absolute atomic E-state index is 0.149. The van der Waals surface area contributed by atoms with Crippen molar-refractivity contribution in [1.29, 1.82) is 0 Å². The molecule has 0 N–H and O–H groups in total. The van der Waals surface area contributed by atoms with Crippen molar-refractivity contribution in [2.75, 3.05) is 46.4 Å². The van der Waals surface area contributed by atoms with E-state index in [9.17, 15) is 4.79 Å². The Hall–Kier alpha value is -0.910. The summed E-state index contributed by atoms with van der Waals surface area (Å²) in [6.45, 7) is 5.19. The molecule has 110 valence electrons. The standard InChI is InChI=1S/C15H22N2O2S/c1-16-5-4-15(10-16)11-17(6-7-19-12-15)14(18)9-13-3-2-8-20-13/h2-3,8H,4-7,9-12H2,1H3/t15-/m1/s1. The molecule has 3 rings (SSSR count). The summed E-state index contributed by atoms with van der Waals surface area (Å²) in [7, 11) is 2.15.